The quantitative estimate of drug-likeness (QED) is 0.356. The van der Waals surface area contributed by atoms with Crippen LogP contribution in [-0.2, 0) is 5.60 Å². The number of hydrogen-bond donors (Lipinski definition) is 3. The molecule has 1 fully saturated rings. The Hall–Kier alpha value is -3.94. The van der Waals surface area contributed by atoms with E-state index in [0.717, 1.165) is 37.4 Å². The molecule has 0 bridgehead atoms. The maximum absolute atomic E-state index is 10.2. The van der Waals surface area contributed by atoms with Crippen LogP contribution in [0.15, 0.2) is 49.1 Å². The number of anilines is 4. The molecule has 36 heavy (non-hydrogen) atoms. The Balaban J connectivity index is 1.24. The predicted molar refractivity (Wildman–Crippen MR) is 139 cm³/mol. The third-order valence-corrected chi connectivity index (χ3v) is 6.40. The summed E-state index contributed by atoms with van der Waals surface area (Å²) in [6.45, 7) is 5.08. The molecule has 0 spiro atoms. The number of hydrogen-bond acceptors (Lipinski definition) is 9. The smallest absolute Gasteiger partial charge is 0.229 e. The first-order chi connectivity index (χ1) is 17.3. The molecular weight excluding hydrogens is 478 g/mol. The van der Waals surface area contributed by atoms with Gasteiger partial charge >= 0.3 is 0 Å². The average Bonchev–Trinajstić information content (AvgIpc) is 3.31. The number of halogens is 1. The van der Waals surface area contributed by atoms with Gasteiger partial charge in [-0.15, -0.1) is 0 Å². The maximum Gasteiger partial charge on any atom is 0.229 e. The summed E-state index contributed by atoms with van der Waals surface area (Å²) in [6, 6.07) is 9.74. The summed E-state index contributed by atoms with van der Waals surface area (Å²) in [5.41, 5.74) is 1.60. The van der Waals surface area contributed by atoms with Crippen LogP contribution in [0.2, 0.25) is 5.02 Å². The Morgan fingerprint density at radius 1 is 1.14 bits per heavy atom. The number of pyridine rings is 2. The standard InChI is InChI=1S/C25H26ClN9O/c1-25(2,36)20-15-35-10-7-18(11-22(35)32-20)31-24-29-14-19(26)23(33-24)30-17-5-8-34(9-6-17)21-4-3-16(12-27)13-28-21/h3-4,7,10-11,13-15,17,36H,5-6,8-9H2,1-2H3,(H2,29,30,31,33). The fourth-order valence-electron chi connectivity index (χ4n) is 4.10. The van der Waals surface area contributed by atoms with Crippen molar-refractivity contribution in [2.75, 3.05) is 28.6 Å². The Bertz CT molecular complexity index is 1410. The van der Waals surface area contributed by atoms with Crippen molar-refractivity contribution < 1.29 is 5.11 Å². The molecule has 0 atom stereocenters. The first-order valence-electron chi connectivity index (χ1n) is 11.7. The zero-order valence-corrected chi connectivity index (χ0v) is 20.7. The topological polar surface area (TPSA) is 127 Å². The Labute approximate surface area is 213 Å². The number of rotatable bonds is 6. The SMILES string of the molecule is CC(C)(O)c1cn2ccc(Nc3ncc(Cl)c(NC4CCN(c5ccc(C#N)cn5)CC4)n3)cc2n1. The molecule has 0 radical (unpaired) electrons. The lowest BCUT2D eigenvalue weighted by atomic mass is 10.0. The number of nitrogens with zero attached hydrogens (tertiary/aromatic N) is 7. The van der Waals surface area contributed by atoms with E-state index in [-0.39, 0.29) is 6.04 Å². The minimum absolute atomic E-state index is 0.210. The summed E-state index contributed by atoms with van der Waals surface area (Å²) in [6.07, 6.45) is 8.64. The largest absolute Gasteiger partial charge is 0.384 e. The van der Waals surface area contributed by atoms with Crippen LogP contribution in [0, 0.1) is 11.3 Å². The Morgan fingerprint density at radius 3 is 2.64 bits per heavy atom. The lowest BCUT2D eigenvalue weighted by molar-refractivity contribution is 0.0744. The number of nitriles is 1. The van der Waals surface area contributed by atoms with Crippen molar-refractivity contribution in [1.29, 1.82) is 5.26 Å². The van der Waals surface area contributed by atoms with Crippen LogP contribution in [0.1, 0.15) is 37.9 Å². The van der Waals surface area contributed by atoms with Gasteiger partial charge in [-0.1, -0.05) is 11.6 Å². The summed E-state index contributed by atoms with van der Waals surface area (Å²) in [7, 11) is 0. The minimum Gasteiger partial charge on any atom is -0.384 e. The van der Waals surface area contributed by atoms with Crippen molar-refractivity contribution in [3.8, 4) is 6.07 Å². The van der Waals surface area contributed by atoms with Gasteiger partial charge in [0.2, 0.25) is 5.95 Å². The van der Waals surface area contributed by atoms with E-state index in [1.54, 1.807) is 32.3 Å². The number of piperidine rings is 1. The molecule has 11 heteroatoms. The average molecular weight is 504 g/mol. The van der Waals surface area contributed by atoms with Gasteiger partial charge in [-0.05, 0) is 44.9 Å². The molecule has 0 saturated carbocycles. The second-order valence-corrected chi connectivity index (χ2v) is 9.71. The number of aromatic nitrogens is 5. The minimum atomic E-state index is -1.02. The highest BCUT2D eigenvalue weighted by atomic mass is 35.5. The van der Waals surface area contributed by atoms with E-state index in [2.05, 4.69) is 41.5 Å². The highest BCUT2D eigenvalue weighted by Crippen LogP contribution is 2.26. The van der Waals surface area contributed by atoms with Crippen molar-refractivity contribution in [3.05, 3.63) is 65.3 Å². The zero-order chi connectivity index (χ0) is 25.3. The molecule has 10 nitrogen and oxygen atoms in total. The van der Waals surface area contributed by atoms with E-state index in [0.29, 0.717) is 33.7 Å². The van der Waals surface area contributed by atoms with Crippen molar-refractivity contribution in [2.24, 2.45) is 0 Å². The van der Waals surface area contributed by atoms with Crippen LogP contribution >= 0.6 is 11.6 Å². The molecule has 4 aromatic rings. The monoisotopic (exact) mass is 503 g/mol. The van der Waals surface area contributed by atoms with Gasteiger partial charge in [0.05, 0.1) is 17.5 Å². The molecule has 3 N–H and O–H groups in total. The van der Waals surface area contributed by atoms with Crippen LogP contribution in [0.5, 0.6) is 0 Å². The molecule has 1 aliphatic heterocycles. The first kappa shape index (κ1) is 23.8. The van der Waals surface area contributed by atoms with Gasteiger partial charge < -0.3 is 25.0 Å². The van der Waals surface area contributed by atoms with Crippen LogP contribution in [0.25, 0.3) is 5.65 Å². The highest BCUT2D eigenvalue weighted by molar-refractivity contribution is 6.32. The lowest BCUT2D eigenvalue weighted by Gasteiger charge is -2.33. The molecule has 184 valence electrons. The first-order valence-corrected chi connectivity index (χ1v) is 12.0. The van der Waals surface area contributed by atoms with Gasteiger partial charge in [-0.2, -0.15) is 10.2 Å². The Morgan fingerprint density at radius 2 is 1.94 bits per heavy atom. The molecule has 5 rings (SSSR count). The van der Waals surface area contributed by atoms with E-state index < -0.39 is 5.60 Å². The van der Waals surface area contributed by atoms with Gasteiger partial charge in [-0.3, -0.25) is 0 Å². The summed E-state index contributed by atoms with van der Waals surface area (Å²) in [5, 5.41) is 26.3. The maximum atomic E-state index is 10.2. The zero-order valence-electron chi connectivity index (χ0n) is 20.0. The number of imidazole rings is 1. The van der Waals surface area contributed by atoms with Crippen LogP contribution in [0.4, 0.5) is 23.3 Å². The molecule has 1 saturated heterocycles. The lowest BCUT2D eigenvalue weighted by Crippen LogP contribution is -2.39. The van der Waals surface area contributed by atoms with Crippen LogP contribution in [-0.4, -0.2) is 48.6 Å². The molecule has 0 aliphatic carbocycles. The van der Waals surface area contributed by atoms with Crippen molar-refractivity contribution >= 4 is 40.5 Å². The molecular formula is C25H26ClN9O. The fraction of sp³-hybridized carbons (Fsp3) is 0.320. The second kappa shape index (κ2) is 9.60. The van der Waals surface area contributed by atoms with Gasteiger partial charge in [0, 0.05) is 49.5 Å². The van der Waals surface area contributed by atoms with Gasteiger partial charge in [0.1, 0.15) is 28.2 Å². The molecule has 5 heterocycles. The molecule has 1 aliphatic rings. The van der Waals surface area contributed by atoms with E-state index >= 15 is 0 Å². The summed E-state index contributed by atoms with van der Waals surface area (Å²) in [5.74, 6) is 1.87. The van der Waals surface area contributed by atoms with Gasteiger partial charge in [-0.25, -0.2) is 15.0 Å². The van der Waals surface area contributed by atoms with Gasteiger partial charge in [0.15, 0.2) is 5.82 Å². The number of nitrogens with one attached hydrogen (secondary N) is 2. The fourth-order valence-corrected chi connectivity index (χ4v) is 4.24. The van der Waals surface area contributed by atoms with E-state index in [4.69, 9.17) is 16.9 Å². The van der Waals surface area contributed by atoms with Gasteiger partial charge in [0.25, 0.3) is 0 Å². The predicted octanol–water partition coefficient (Wildman–Crippen LogP) is 4.10. The molecule has 0 unspecified atom stereocenters. The second-order valence-electron chi connectivity index (χ2n) is 9.30. The molecule has 0 amide bonds. The highest BCUT2D eigenvalue weighted by Gasteiger charge is 2.22. The van der Waals surface area contributed by atoms with E-state index in [9.17, 15) is 5.11 Å². The normalized spacial score (nSPS) is 14.6. The van der Waals surface area contributed by atoms with Crippen molar-refractivity contribution in [2.45, 2.75) is 38.3 Å². The summed E-state index contributed by atoms with van der Waals surface area (Å²) >= 11 is 6.40. The van der Waals surface area contributed by atoms with Crippen molar-refractivity contribution in [1.82, 2.24) is 24.3 Å². The molecule has 4 aromatic heterocycles. The van der Waals surface area contributed by atoms with E-state index in [1.807, 2.05) is 35.0 Å². The molecule has 0 aromatic carbocycles. The van der Waals surface area contributed by atoms with Crippen LogP contribution in [0.3, 0.4) is 0 Å². The third kappa shape index (κ3) is 5.17. The summed E-state index contributed by atoms with van der Waals surface area (Å²) in [4.78, 5) is 20.0. The number of fused-ring (bicyclic) bond motifs is 1. The van der Waals surface area contributed by atoms with E-state index in [1.165, 1.54) is 0 Å². The number of aliphatic hydroxyl groups is 1. The van der Waals surface area contributed by atoms with Crippen molar-refractivity contribution in [3.63, 3.8) is 0 Å². The third-order valence-electron chi connectivity index (χ3n) is 6.12. The van der Waals surface area contributed by atoms with Crippen LogP contribution < -0.4 is 15.5 Å². The Kier molecular flexibility index (Phi) is 6.35. The summed E-state index contributed by atoms with van der Waals surface area (Å²) < 4.78 is 1.86.